The van der Waals surface area contributed by atoms with E-state index in [9.17, 15) is 9.90 Å². The molecular weight excluding hydrogens is 288 g/mol. The molecule has 2 aromatic rings. The lowest BCUT2D eigenvalue weighted by atomic mass is 9.67. The maximum absolute atomic E-state index is 12.3. The van der Waals surface area contributed by atoms with Gasteiger partial charge in [-0.15, -0.1) is 0 Å². The molecule has 4 heteroatoms. The minimum atomic E-state index is -0.650. The van der Waals surface area contributed by atoms with E-state index in [1.807, 2.05) is 6.07 Å². The Morgan fingerprint density at radius 1 is 1.39 bits per heavy atom. The first-order chi connectivity index (χ1) is 11.2. The van der Waals surface area contributed by atoms with Crippen LogP contribution < -0.4 is 0 Å². The fraction of sp³-hybridized carbons (Fsp3) is 0.526. The molecule has 4 rings (SSSR count). The number of hydrogen-bond donors (Lipinski definition) is 2. The van der Waals surface area contributed by atoms with Crippen LogP contribution in [0.4, 0.5) is 0 Å². The van der Waals surface area contributed by atoms with Gasteiger partial charge in [0.2, 0.25) is 0 Å². The molecule has 2 aliphatic rings. The fourth-order valence-corrected chi connectivity index (χ4v) is 4.93. The van der Waals surface area contributed by atoms with Gasteiger partial charge >= 0.3 is 5.97 Å². The predicted molar refractivity (Wildman–Crippen MR) is 90.5 cm³/mol. The molecule has 2 aliphatic heterocycles. The lowest BCUT2D eigenvalue weighted by molar-refractivity contribution is -0.159. The van der Waals surface area contributed by atoms with Gasteiger partial charge in [0.15, 0.2) is 0 Å². The van der Waals surface area contributed by atoms with Gasteiger partial charge in [-0.05, 0) is 43.9 Å². The first-order valence-electron chi connectivity index (χ1n) is 8.74. The van der Waals surface area contributed by atoms with E-state index in [2.05, 4.69) is 35.0 Å². The second-order valence-electron chi connectivity index (χ2n) is 7.07. The number of aromatic amines is 1. The summed E-state index contributed by atoms with van der Waals surface area (Å²) in [6.45, 7) is 4.08. The number of nitrogens with zero attached hydrogens (tertiary/aromatic N) is 1. The lowest BCUT2D eigenvalue weighted by Gasteiger charge is -2.49. The molecule has 0 aliphatic carbocycles. The number of fused-ring (bicyclic) bond motifs is 5. The van der Waals surface area contributed by atoms with Crippen LogP contribution in [0.2, 0.25) is 0 Å². The quantitative estimate of drug-likeness (QED) is 0.908. The third kappa shape index (κ3) is 2.04. The summed E-state index contributed by atoms with van der Waals surface area (Å²) in [5.74, 6) is -0.624. The van der Waals surface area contributed by atoms with Gasteiger partial charge in [-0.2, -0.15) is 0 Å². The molecule has 3 heterocycles. The normalized spacial score (nSPS) is 27.6. The molecule has 0 radical (unpaired) electrons. The standard InChI is InChI=1S/C19H24N2O2/c1-2-9-19(18(22)23)10-5-11-21-12-8-14-13-6-3-4-7-15(13)20-16(14)17(19)21/h3-4,6-7,17,20H,2,5,8-12H2,1H3,(H,22,23)/t17?,19-/m0/s1. The molecule has 1 fully saturated rings. The molecule has 2 N–H and O–H groups in total. The Hall–Kier alpha value is -1.81. The van der Waals surface area contributed by atoms with Crippen LogP contribution in [0.25, 0.3) is 10.9 Å². The number of para-hydroxylation sites is 1. The highest BCUT2D eigenvalue weighted by Gasteiger charge is 2.52. The molecule has 2 atom stereocenters. The number of carbonyl (C=O) groups is 1. The Bertz CT molecular complexity index is 747. The molecule has 1 aromatic carbocycles. The third-order valence-corrected chi connectivity index (χ3v) is 5.85. The number of hydrogen-bond acceptors (Lipinski definition) is 2. The molecular formula is C19H24N2O2. The van der Waals surface area contributed by atoms with Gasteiger partial charge in [0.05, 0.1) is 11.5 Å². The number of benzene rings is 1. The minimum absolute atomic E-state index is 0.00940. The van der Waals surface area contributed by atoms with Crippen LogP contribution in [0.3, 0.4) is 0 Å². The van der Waals surface area contributed by atoms with Gasteiger partial charge in [-0.3, -0.25) is 9.69 Å². The number of carboxylic acids is 1. The van der Waals surface area contributed by atoms with E-state index in [1.54, 1.807) is 0 Å². The molecule has 23 heavy (non-hydrogen) atoms. The number of nitrogens with one attached hydrogen (secondary N) is 1. The Balaban J connectivity index is 1.91. The van der Waals surface area contributed by atoms with Crippen molar-refractivity contribution in [2.45, 2.75) is 45.1 Å². The number of piperidine rings is 1. The van der Waals surface area contributed by atoms with Crippen molar-refractivity contribution in [1.82, 2.24) is 9.88 Å². The minimum Gasteiger partial charge on any atom is -0.481 e. The molecule has 1 unspecified atom stereocenters. The van der Waals surface area contributed by atoms with E-state index in [0.717, 1.165) is 56.4 Å². The maximum atomic E-state index is 12.3. The Labute approximate surface area is 136 Å². The van der Waals surface area contributed by atoms with Crippen LogP contribution in [0.1, 0.15) is 49.9 Å². The molecule has 0 spiro atoms. The summed E-state index contributed by atoms with van der Waals surface area (Å²) in [5.41, 5.74) is 2.99. The van der Waals surface area contributed by atoms with Crippen molar-refractivity contribution >= 4 is 16.9 Å². The number of aromatic nitrogens is 1. The van der Waals surface area contributed by atoms with Crippen molar-refractivity contribution in [2.75, 3.05) is 13.1 Å². The molecule has 1 saturated heterocycles. The third-order valence-electron chi connectivity index (χ3n) is 5.85. The topological polar surface area (TPSA) is 56.3 Å². The van der Waals surface area contributed by atoms with E-state index < -0.39 is 11.4 Å². The summed E-state index contributed by atoms with van der Waals surface area (Å²) < 4.78 is 0. The Morgan fingerprint density at radius 3 is 3.00 bits per heavy atom. The summed E-state index contributed by atoms with van der Waals surface area (Å²) in [5, 5.41) is 11.4. The van der Waals surface area contributed by atoms with Crippen LogP contribution >= 0.6 is 0 Å². The van der Waals surface area contributed by atoms with Gasteiger partial charge in [-0.25, -0.2) is 0 Å². The average Bonchev–Trinajstić information content (AvgIpc) is 2.93. The van der Waals surface area contributed by atoms with Crippen molar-refractivity contribution in [3.05, 3.63) is 35.5 Å². The Kier molecular flexibility index (Phi) is 3.45. The molecule has 0 amide bonds. The van der Waals surface area contributed by atoms with E-state index in [0.29, 0.717) is 0 Å². The van der Waals surface area contributed by atoms with Gasteiger partial charge in [0.25, 0.3) is 0 Å². The van der Waals surface area contributed by atoms with E-state index in [4.69, 9.17) is 0 Å². The highest BCUT2D eigenvalue weighted by molar-refractivity contribution is 5.86. The lowest BCUT2D eigenvalue weighted by Crippen LogP contribution is -2.52. The van der Waals surface area contributed by atoms with Crippen molar-refractivity contribution in [3.63, 3.8) is 0 Å². The van der Waals surface area contributed by atoms with Crippen LogP contribution in [-0.2, 0) is 11.2 Å². The summed E-state index contributed by atoms with van der Waals surface area (Å²) >= 11 is 0. The summed E-state index contributed by atoms with van der Waals surface area (Å²) in [7, 11) is 0. The first kappa shape index (κ1) is 14.8. The number of H-pyrrole nitrogens is 1. The first-order valence-corrected chi connectivity index (χ1v) is 8.74. The van der Waals surface area contributed by atoms with Gasteiger partial charge in [0.1, 0.15) is 0 Å². The molecule has 122 valence electrons. The molecule has 0 bridgehead atoms. The summed E-state index contributed by atoms with van der Waals surface area (Å²) in [4.78, 5) is 18.3. The predicted octanol–water partition coefficient (Wildman–Crippen LogP) is 3.73. The number of rotatable bonds is 3. The summed E-state index contributed by atoms with van der Waals surface area (Å²) in [6, 6.07) is 8.36. The van der Waals surface area contributed by atoms with E-state index in [1.165, 1.54) is 10.9 Å². The highest BCUT2D eigenvalue weighted by atomic mass is 16.4. The van der Waals surface area contributed by atoms with Crippen LogP contribution in [0.5, 0.6) is 0 Å². The molecule has 0 saturated carbocycles. The zero-order chi connectivity index (χ0) is 16.0. The van der Waals surface area contributed by atoms with Gasteiger partial charge in [0, 0.05) is 23.1 Å². The highest BCUT2D eigenvalue weighted by Crippen LogP contribution is 2.52. The fourth-order valence-electron chi connectivity index (χ4n) is 4.93. The smallest absolute Gasteiger partial charge is 0.311 e. The second kappa shape index (κ2) is 5.38. The molecule has 4 nitrogen and oxygen atoms in total. The van der Waals surface area contributed by atoms with Gasteiger partial charge < -0.3 is 10.1 Å². The van der Waals surface area contributed by atoms with Crippen molar-refractivity contribution < 1.29 is 9.90 Å². The maximum Gasteiger partial charge on any atom is 0.311 e. The molecule has 1 aromatic heterocycles. The van der Waals surface area contributed by atoms with Crippen molar-refractivity contribution in [1.29, 1.82) is 0 Å². The number of carboxylic acid groups (broad SMARTS) is 1. The largest absolute Gasteiger partial charge is 0.481 e. The van der Waals surface area contributed by atoms with Crippen molar-refractivity contribution in [3.8, 4) is 0 Å². The monoisotopic (exact) mass is 312 g/mol. The SMILES string of the molecule is CCC[C@]1(C(=O)O)CCCN2CCc3c([nH]c4ccccc34)C21. The zero-order valence-electron chi connectivity index (χ0n) is 13.6. The second-order valence-corrected chi connectivity index (χ2v) is 7.07. The number of aliphatic carboxylic acids is 1. The zero-order valence-corrected chi connectivity index (χ0v) is 13.6. The van der Waals surface area contributed by atoms with E-state index in [-0.39, 0.29) is 6.04 Å². The van der Waals surface area contributed by atoms with Gasteiger partial charge in [-0.1, -0.05) is 31.5 Å². The van der Waals surface area contributed by atoms with Crippen molar-refractivity contribution in [2.24, 2.45) is 5.41 Å². The summed E-state index contributed by atoms with van der Waals surface area (Å²) in [6.07, 6.45) is 4.44. The average molecular weight is 312 g/mol. The van der Waals surface area contributed by atoms with Crippen LogP contribution in [-0.4, -0.2) is 34.0 Å². The van der Waals surface area contributed by atoms with E-state index >= 15 is 0 Å². The Morgan fingerprint density at radius 2 is 2.22 bits per heavy atom. The van der Waals surface area contributed by atoms with Crippen LogP contribution in [0, 0.1) is 5.41 Å². The van der Waals surface area contributed by atoms with Crippen LogP contribution in [0.15, 0.2) is 24.3 Å².